The lowest BCUT2D eigenvalue weighted by atomic mass is 9.86. The Morgan fingerprint density at radius 2 is 1.80 bits per heavy atom. The van der Waals surface area contributed by atoms with Gasteiger partial charge < -0.3 is 8.54 Å². The summed E-state index contributed by atoms with van der Waals surface area (Å²) in [5.41, 5.74) is 2.64. The van der Waals surface area contributed by atoms with E-state index in [1.54, 1.807) is 0 Å². The quantitative estimate of drug-likeness (QED) is 0.603. The van der Waals surface area contributed by atoms with Crippen LogP contribution in [0.15, 0.2) is 36.1 Å². The highest BCUT2D eigenvalue weighted by Crippen LogP contribution is 2.23. The van der Waals surface area contributed by atoms with Crippen LogP contribution in [0.2, 0.25) is 0 Å². The van der Waals surface area contributed by atoms with Crippen molar-refractivity contribution in [3.63, 3.8) is 0 Å². The molecule has 1 aliphatic rings. The van der Waals surface area contributed by atoms with E-state index in [2.05, 4.69) is 58.9 Å². The number of hydrogen-bond donors (Lipinski definition) is 0. The van der Waals surface area contributed by atoms with Gasteiger partial charge in [-0.2, -0.15) is 0 Å². The van der Waals surface area contributed by atoms with Crippen LogP contribution in [-0.4, -0.2) is 15.8 Å². The molecule has 0 aromatic heterocycles. The van der Waals surface area contributed by atoms with Gasteiger partial charge in [0, 0.05) is 6.42 Å². The second-order valence-electron chi connectivity index (χ2n) is 6.69. The van der Waals surface area contributed by atoms with Crippen LogP contribution in [0.3, 0.4) is 0 Å². The molecule has 0 saturated heterocycles. The third kappa shape index (κ3) is 3.82. The predicted molar refractivity (Wildman–Crippen MR) is 83.8 cm³/mol. The maximum atomic E-state index is 5.65. The van der Waals surface area contributed by atoms with Crippen molar-refractivity contribution in [2.45, 2.75) is 46.5 Å². The minimum atomic E-state index is 0.0684. The van der Waals surface area contributed by atoms with Crippen LogP contribution < -0.4 is 0 Å². The molecule has 0 atom stereocenters. The van der Waals surface area contributed by atoms with E-state index >= 15 is 0 Å². The largest absolute Gasteiger partial charge is 1.02 e. The molecule has 0 spiro atoms. The summed E-state index contributed by atoms with van der Waals surface area (Å²) in [7, 11) is 0.0684. The first-order valence-corrected chi connectivity index (χ1v) is 7.95. The maximum Gasteiger partial charge on any atom is 1.02 e. The normalized spacial score (nSPS) is 15.7. The molecule has 0 bridgehead atoms. The molecular weight excluding hydrogens is 264 g/mol. The Bertz CT molecular complexity index is 519. The Morgan fingerprint density at radius 1 is 1.15 bits per heavy atom. The molecule has 2 rings (SSSR count). The molecule has 1 aromatic rings. The van der Waals surface area contributed by atoms with Gasteiger partial charge in [0.15, 0.2) is 0 Å². The van der Waals surface area contributed by atoms with E-state index in [1.807, 2.05) is 6.08 Å². The molecule has 0 aliphatic carbocycles. The van der Waals surface area contributed by atoms with Gasteiger partial charge >= 0.3 is 15.8 Å². The highest BCUT2D eigenvalue weighted by atomic mass is 28.2. The third-order valence-corrected chi connectivity index (χ3v) is 3.91. The molecule has 0 amide bonds. The highest BCUT2D eigenvalue weighted by molar-refractivity contribution is 6.22. The fraction of sp³-hybridized carbons (Fsp3) is 0.471. The van der Waals surface area contributed by atoms with E-state index in [9.17, 15) is 0 Å². The molecule has 0 N–H and O–H groups in total. The van der Waals surface area contributed by atoms with Crippen molar-refractivity contribution >= 4 is 15.8 Å². The topological polar surface area (TPSA) is 20.5 Å². The lowest BCUT2D eigenvalue weighted by Gasteiger charge is -2.18. The van der Waals surface area contributed by atoms with Gasteiger partial charge in [-0.15, -0.1) is 0 Å². The van der Waals surface area contributed by atoms with E-state index in [0.29, 0.717) is 5.92 Å². The third-order valence-electron chi connectivity index (χ3n) is 3.26. The maximum absolute atomic E-state index is 5.65. The first kappa shape index (κ1) is 15.0. The minimum absolute atomic E-state index is 0.0684. The van der Waals surface area contributed by atoms with Gasteiger partial charge in [-0.1, -0.05) is 46.8 Å². The van der Waals surface area contributed by atoms with Crippen molar-refractivity contribution in [3.8, 4) is 0 Å². The number of benzene rings is 1. The second kappa shape index (κ2) is 5.96. The summed E-state index contributed by atoms with van der Waals surface area (Å²) >= 11 is 0. The SMILES string of the molecule is CC(C)CC1=CC(c2ccc(C(C)(C)C)cc2)=[O+][Si]O1. The van der Waals surface area contributed by atoms with Crippen LogP contribution in [0, 0.1) is 5.92 Å². The van der Waals surface area contributed by atoms with E-state index in [4.69, 9.17) is 8.54 Å². The van der Waals surface area contributed by atoms with Crippen molar-refractivity contribution in [2.75, 3.05) is 0 Å². The summed E-state index contributed by atoms with van der Waals surface area (Å²) in [6.45, 7) is 11.1. The van der Waals surface area contributed by atoms with Gasteiger partial charge in [0.2, 0.25) is 0 Å². The molecule has 2 nitrogen and oxygen atoms in total. The Kier molecular flexibility index (Phi) is 4.48. The molecule has 0 saturated carbocycles. The number of rotatable bonds is 3. The van der Waals surface area contributed by atoms with Crippen LogP contribution in [0.25, 0.3) is 0 Å². The zero-order chi connectivity index (χ0) is 14.8. The Morgan fingerprint density at radius 3 is 2.35 bits per heavy atom. The van der Waals surface area contributed by atoms with Gasteiger partial charge in [0.05, 0.1) is 17.4 Å². The van der Waals surface area contributed by atoms with E-state index in [0.717, 1.165) is 23.5 Å². The van der Waals surface area contributed by atoms with Crippen molar-refractivity contribution in [1.29, 1.82) is 0 Å². The fourth-order valence-electron chi connectivity index (χ4n) is 2.10. The fourth-order valence-corrected chi connectivity index (χ4v) is 2.66. The van der Waals surface area contributed by atoms with Crippen LogP contribution in [0.5, 0.6) is 0 Å². The summed E-state index contributed by atoms with van der Waals surface area (Å²) < 4.78 is 11.2. The van der Waals surface area contributed by atoms with Crippen LogP contribution in [-0.2, 0) is 9.84 Å². The van der Waals surface area contributed by atoms with Crippen molar-refractivity contribution in [1.82, 2.24) is 0 Å². The van der Waals surface area contributed by atoms with E-state index in [1.165, 1.54) is 5.56 Å². The van der Waals surface area contributed by atoms with E-state index < -0.39 is 0 Å². The molecule has 0 fully saturated rings. The smallest absolute Gasteiger partial charge is 0.464 e. The van der Waals surface area contributed by atoms with Crippen LogP contribution in [0.1, 0.15) is 56.3 Å². The van der Waals surface area contributed by atoms with Gasteiger partial charge in [0.1, 0.15) is 0 Å². The molecule has 2 radical (unpaired) electrons. The standard InChI is InChI=1S/C17H23O2Si/c1-12(2)10-15-11-16(19-20-18-15)13-6-8-14(9-7-13)17(3,4)5/h6-9,11-12H,10H2,1-5H3/q+1. The van der Waals surface area contributed by atoms with Crippen LogP contribution in [0.4, 0.5) is 0 Å². The zero-order valence-electron chi connectivity index (χ0n) is 13.0. The number of carbonyl (C=O) groups excluding carboxylic acids is 1. The van der Waals surface area contributed by atoms with Crippen molar-refractivity contribution in [3.05, 3.63) is 47.2 Å². The molecule has 1 heterocycles. The van der Waals surface area contributed by atoms with Gasteiger partial charge in [-0.3, -0.25) is 0 Å². The minimum Gasteiger partial charge on any atom is -0.464 e. The Balaban J connectivity index is 2.19. The Labute approximate surface area is 124 Å². The first-order valence-electron chi connectivity index (χ1n) is 7.13. The van der Waals surface area contributed by atoms with Gasteiger partial charge in [-0.25, -0.2) is 0 Å². The summed E-state index contributed by atoms with van der Waals surface area (Å²) in [4.78, 5) is 0. The van der Waals surface area contributed by atoms with Crippen LogP contribution >= 0.6 is 0 Å². The molecule has 0 unspecified atom stereocenters. The zero-order valence-corrected chi connectivity index (χ0v) is 14.0. The molecule has 106 valence electrons. The monoisotopic (exact) mass is 287 g/mol. The summed E-state index contributed by atoms with van der Waals surface area (Å²) in [5.74, 6) is 2.54. The average molecular weight is 287 g/mol. The summed E-state index contributed by atoms with van der Waals surface area (Å²) in [6.07, 6.45) is 2.99. The lowest BCUT2D eigenvalue weighted by Crippen LogP contribution is -2.14. The van der Waals surface area contributed by atoms with Gasteiger partial charge in [-0.05, 0) is 29.0 Å². The highest BCUT2D eigenvalue weighted by Gasteiger charge is 2.27. The molecular formula is C17H23O2Si+. The van der Waals surface area contributed by atoms with Gasteiger partial charge in [0.25, 0.3) is 0 Å². The van der Waals surface area contributed by atoms with E-state index in [-0.39, 0.29) is 15.4 Å². The molecule has 20 heavy (non-hydrogen) atoms. The number of ketones is 1. The lowest BCUT2D eigenvalue weighted by molar-refractivity contribution is -0.107. The van der Waals surface area contributed by atoms with Crippen molar-refractivity contribution < 1.29 is 8.54 Å². The Hall–Kier alpha value is -1.35. The summed E-state index contributed by atoms with van der Waals surface area (Å²) in [5, 5.41) is 0. The number of hydrogen-bond acceptors (Lipinski definition) is 1. The molecule has 3 heteroatoms. The summed E-state index contributed by atoms with van der Waals surface area (Å²) in [6, 6.07) is 8.63. The number of allylic oxidation sites excluding steroid dienone is 2. The molecule has 1 aliphatic heterocycles. The molecule has 1 aromatic carbocycles. The van der Waals surface area contributed by atoms with Crippen molar-refractivity contribution in [2.24, 2.45) is 5.92 Å². The second-order valence-corrected chi connectivity index (χ2v) is 7.26. The average Bonchev–Trinajstić information content (AvgIpc) is 2.37. The predicted octanol–water partition coefficient (Wildman–Crippen LogP) is 4.20. The first-order chi connectivity index (χ1) is 9.36.